The van der Waals surface area contributed by atoms with E-state index in [0.717, 1.165) is 10.6 Å². The van der Waals surface area contributed by atoms with E-state index in [2.05, 4.69) is 5.32 Å². The predicted octanol–water partition coefficient (Wildman–Crippen LogP) is 3.94. The first-order valence-corrected chi connectivity index (χ1v) is 8.35. The van der Waals surface area contributed by atoms with Crippen LogP contribution in [0, 0.1) is 6.92 Å². The van der Waals surface area contributed by atoms with Gasteiger partial charge in [-0.2, -0.15) is 0 Å². The van der Waals surface area contributed by atoms with Gasteiger partial charge in [-0.05, 0) is 31.2 Å². The van der Waals surface area contributed by atoms with Crippen LogP contribution >= 0.6 is 23.4 Å². The van der Waals surface area contributed by atoms with E-state index in [1.54, 1.807) is 0 Å². The van der Waals surface area contributed by atoms with Crippen LogP contribution in [0.4, 0.5) is 0 Å². The Balaban J connectivity index is 1.64. The summed E-state index contributed by atoms with van der Waals surface area (Å²) in [4.78, 5) is 12.7. The molecule has 2 aromatic rings. The van der Waals surface area contributed by atoms with Crippen LogP contribution in [0.25, 0.3) is 0 Å². The summed E-state index contributed by atoms with van der Waals surface area (Å²) in [6, 6.07) is 15.3. The molecule has 1 amide bonds. The number of ether oxygens (including phenoxy) is 1. The first kappa shape index (κ1) is 16.7. The molecule has 0 aliphatic carbocycles. The van der Waals surface area contributed by atoms with Crippen molar-refractivity contribution in [2.24, 2.45) is 0 Å². The Bertz CT molecular complexity index is 616. The molecule has 0 spiro atoms. The number of rotatable bonds is 7. The highest BCUT2D eigenvalue weighted by atomic mass is 35.5. The van der Waals surface area contributed by atoms with Crippen molar-refractivity contribution >= 4 is 29.3 Å². The minimum absolute atomic E-state index is 0.0302. The molecule has 0 radical (unpaired) electrons. The average molecular weight is 336 g/mol. The lowest BCUT2D eigenvalue weighted by atomic mass is 10.2. The van der Waals surface area contributed by atoms with Gasteiger partial charge in [0.05, 0.1) is 17.3 Å². The van der Waals surface area contributed by atoms with Gasteiger partial charge in [-0.15, -0.1) is 11.8 Å². The van der Waals surface area contributed by atoms with Crippen LogP contribution in [-0.4, -0.2) is 24.8 Å². The molecular weight excluding hydrogens is 318 g/mol. The molecule has 22 heavy (non-hydrogen) atoms. The van der Waals surface area contributed by atoms with Crippen LogP contribution in [0.15, 0.2) is 53.4 Å². The van der Waals surface area contributed by atoms with E-state index in [1.807, 2.05) is 55.5 Å². The van der Waals surface area contributed by atoms with E-state index < -0.39 is 0 Å². The second-order valence-electron chi connectivity index (χ2n) is 4.73. The van der Waals surface area contributed by atoms with Crippen LogP contribution < -0.4 is 10.1 Å². The highest BCUT2D eigenvalue weighted by Crippen LogP contribution is 2.26. The summed E-state index contributed by atoms with van der Waals surface area (Å²) in [7, 11) is 0. The third-order valence-corrected chi connectivity index (χ3v) is 4.42. The molecular formula is C17H18ClNO2S. The van der Waals surface area contributed by atoms with Crippen molar-refractivity contribution in [3.05, 3.63) is 59.1 Å². The Hall–Kier alpha value is -1.65. The normalized spacial score (nSPS) is 10.3. The lowest BCUT2D eigenvalue weighted by Crippen LogP contribution is -2.29. The molecule has 0 saturated heterocycles. The first-order chi connectivity index (χ1) is 10.6. The van der Waals surface area contributed by atoms with Gasteiger partial charge < -0.3 is 10.1 Å². The molecule has 0 fully saturated rings. The fourth-order valence-corrected chi connectivity index (χ4v) is 2.82. The van der Waals surface area contributed by atoms with Gasteiger partial charge in [0.2, 0.25) is 5.91 Å². The average Bonchev–Trinajstić information content (AvgIpc) is 2.52. The zero-order valence-electron chi connectivity index (χ0n) is 12.3. The Morgan fingerprint density at radius 1 is 1.18 bits per heavy atom. The number of hydrogen-bond acceptors (Lipinski definition) is 3. The summed E-state index contributed by atoms with van der Waals surface area (Å²) >= 11 is 7.47. The minimum Gasteiger partial charge on any atom is -0.492 e. The maximum Gasteiger partial charge on any atom is 0.230 e. The minimum atomic E-state index is -0.0302. The van der Waals surface area contributed by atoms with Crippen LogP contribution in [0.1, 0.15) is 5.56 Å². The Morgan fingerprint density at radius 3 is 2.64 bits per heavy atom. The molecule has 3 nitrogen and oxygen atoms in total. The largest absolute Gasteiger partial charge is 0.492 e. The number of carbonyl (C=O) groups excluding carboxylic acids is 1. The molecule has 0 aromatic heterocycles. The zero-order chi connectivity index (χ0) is 15.8. The fraction of sp³-hybridized carbons (Fsp3) is 0.235. The van der Waals surface area contributed by atoms with Crippen LogP contribution in [0.5, 0.6) is 5.75 Å². The maximum atomic E-state index is 11.8. The molecule has 0 bridgehead atoms. The molecule has 5 heteroatoms. The van der Waals surface area contributed by atoms with Crippen LogP contribution in [0.2, 0.25) is 5.02 Å². The number of hydrogen-bond donors (Lipinski definition) is 1. The van der Waals surface area contributed by atoms with Gasteiger partial charge in [0, 0.05) is 4.90 Å². The van der Waals surface area contributed by atoms with Gasteiger partial charge >= 0.3 is 0 Å². The fourth-order valence-electron chi connectivity index (χ4n) is 1.75. The molecule has 0 unspecified atom stereocenters. The molecule has 0 saturated carbocycles. The van der Waals surface area contributed by atoms with Gasteiger partial charge in [-0.25, -0.2) is 0 Å². The van der Waals surface area contributed by atoms with Crippen molar-refractivity contribution in [2.45, 2.75) is 11.8 Å². The second-order valence-corrected chi connectivity index (χ2v) is 6.15. The topological polar surface area (TPSA) is 38.3 Å². The predicted molar refractivity (Wildman–Crippen MR) is 91.9 cm³/mol. The molecule has 0 atom stereocenters. The molecule has 2 aromatic carbocycles. The third kappa shape index (κ3) is 5.62. The molecule has 0 aliphatic heterocycles. The second kappa shape index (κ2) is 8.71. The number of aryl methyl sites for hydroxylation is 1. The van der Waals surface area contributed by atoms with Crippen molar-refractivity contribution in [2.75, 3.05) is 18.9 Å². The number of benzene rings is 2. The summed E-state index contributed by atoms with van der Waals surface area (Å²) in [5.41, 5.74) is 1.19. The van der Waals surface area contributed by atoms with Crippen LogP contribution in [0.3, 0.4) is 0 Å². The summed E-state index contributed by atoms with van der Waals surface area (Å²) < 4.78 is 5.55. The zero-order valence-corrected chi connectivity index (χ0v) is 13.9. The first-order valence-electron chi connectivity index (χ1n) is 6.98. The van der Waals surface area contributed by atoms with E-state index >= 15 is 0 Å². The molecule has 1 N–H and O–H groups in total. The SMILES string of the molecule is Cc1ccc(OCCNC(=O)CSc2ccccc2Cl)cc1. The van der Waals surface area contributed by atoms with Crippen molar-refractivity contribution in [1.82, 2.24) is 5.32 Å². The van der Waals surface area contributed by atoms with E-state index in [4.69, 9.17) is 16.3 Å². The molecule has 0 aliphatic rings. The van der Waals surface area contributed by atoms with Crippen molar-refractivity contribution in [3.8, 4) is 5.75 Å². The van der Waals surface area contributed by atoms with Crippen molar-refractivity contribution in [1.29, 1.82) is 0 Å². The maximum absolute atomic E-state index is 11.8. The van der Waals surface area contributed by atoms with Crippen molar-refractivity contribution < 1.29 is 9.53 Å². The quantitative estimate of drug-likeness (QED) is 0.615. The summed E-state index contributed by atoms with van der Waals surface area (Å²) in [5, 5.41) is 3.50. The highest BCUT2D eigenvalue weighted by molar-refractivity contribution is 8.00. The smallest absolute Gasteiger partial charge is 0.230 e. The Labute approximate surface area is 140 Å². The van der Waals surface area contributed by atoms with Gasteiger partial charge in [0.25, 0.3) is 0 Å². The number of nitrogens with one attached hydrogen (secondary N) is 1. The van der Waals surface area contributed by atoms with Gasteiger partial charge in [0.15, 0.2) is 0 Å². The summed E-state index contributed by atoms with van der Waals surface area (Å²) in [6.45, 7) is 2.96. The number of thioether (sulfide) groups is 1. The van der Waals surface area contributed by atoms with E-state index in [-0.39, 0.29) is 5.91 Å². The Kier molecular flexibility index (Phi) is 6.62. The van der Waals surface area contributed by atoms with Crippen molar-refractivity contribution in [3.63, 3.8) is 0 Å². The number of amides is 1. The highest BCUT2D eigenvalue weighted by Gasteiger charge is 2.05. The molecule has 0 heterocycles. The third-order valence-electron chi connectivity index (χ3n) is 2.91. The standard InChI is InChI=1S/C17H18ClNO2S/c1-13-6-8-14(9-7-13)21-11-10-19-17(20)12-22-16-5-3-2-4-15(16)18/h2-9H,10-12H2,1H3,(H,19,20). The van der Waals surface area contributed by atoms with Gasteiger partial charge in [-0.1, -0.05) is 41.4 Å². The van der Waals surface area contributed by atoms with Crippen LogP contribution in [-0.2, 0) is 4.79 Å². The Morgan fingerprint density at radius 2 is 1.91 bits per heavy atom. The summed E-state index contributed by atoms with van der Waals surface area (Å²) in [6.07, 6.45) is 0. The monoisotopic (exact) mass is 335 g/mol. The lowest BCUT2D eigenvalue weighted by Gasteiger charge is -2.08. The summed E-state index contributed by atoms with van der Waals surface area (Å²) in [5.74, 6) is 1.12. The van der Waals surface area contributed by atoms with E-state index in [0.29, 0.717) is 23.9 Å². The number of halogens is 1. The van der Waals surface area contributed by atoms with E-state index in [1.165, 1.54) is 17.3 Å². The van der Waals surface area contributed by atoms with E-state index in [9.17, 15) is 4.79 Å². The number of carbonyl (C=O) groups is 1. The molecule has 2 rings (SSSR count). The van der Waals surface area contributed by atoms with Gasteiger partial charge in [0.1, 0.15) is 12.4 Å². The lowest BCUT2D eigenvalue weighted by molar-refractivity contribution is -0.118. The van der Waals surface area contributed by atoms with Gasteiger partial charge in [-0.3, -0.25) is 4.79 Å². The molecule has 116 valence electrons.